The van der Waals surface area contributed by atoms with Gasteiger partial charge in [0, 0.05) is 24.8 Å². The molecule has 1 amide bonds. The highest BCUT2D eigenvalue weighted by atomic mass is 16.1. The zero-order valence-corrected chi connectivity index (χ0v) is 13.1. The molecular formula is C16H18N6O. The summed E-state index contributed by atoms with van der Waals surface area (Å²) in [6.45, 7) is 2.00. The van der Waals surface area contributed by atoms with Crippen LogP contribution >= 0.6 is 0 Å². The maximum absolute atomic E-state index is 12.1. The third-order valence-corrected chi connectivity index (χ3v) is 3.79. The van der Waals surface area contributed by atoms with Crippen LogP contribution in [0.1, 0.15) is 17.7 Å². The molecular weight excluding hydrogens is 292 g/mol. The minimum atomic E-state index is -0.0123. The van der Waals surface area contributed by atoms with E-state index in [1.54, 1.807) is 11.0 Å². The molecule has 23 heavy (non-hydrogen) atoms. The van der Waals surface area contributed by atoms with E-state index in [1.807, 2.05) is 49.1 Å². The van der Waals surface area contributed by atoms with Gasteiger partial charge in [0.1, 0.15) is 12.7 Å². The summed E-state index contributed by atoms with van der Waals surface area (Å²) in [6.07, 6.45) is 6.04. The predicted octanol–water partition coefficient (Wildman–Crippen LogP) is 1.88. The monoisotopic (exact) mass is 310 g/mol. The van der Waals surface area contributed by atoms with Crippen molar-refractivity contribution in [1.29, 1.82) is 0 Å². The third kappa shape index (κ3) is 3.45. The molecule has 7 nitrogen and oxygen atoms in total. The molecule has 3 aromatic rings. The molecule has 0 radical (unpaired) electrons. The molecule has 0 saturated heterocycles. The van der Waals surface area contributed by atoms with Gasteiger partial charge < -0.3 is 5.32 Å². The topological polar surface area (TPSA) is 77.6 Å². The Morgan fingerprint density at radius 1 is 1.22 bits per heavy atom. The first-order valence-electron chi connectivity index (χ1n) is 7.36. The molecule has 0 fully saturated rings. The summed E-state index contributed by atoms with van der Waals surface area (Å²) in [4.78, 5) is 16.0. The smallest absolute Gasteiger partial charge is 0.224 e. The molecule has 0 unspecified atom stereocenters. The maximum Gasteiger partial charge on any atom is 0.224 e. The lowest BCUT2D eigenvalue weighted by molar-refractivity contribution is -0.116. The Labute approximate surface area is 134 Å². The molecule has 0 aliphatic rings. The molecule has 0 saturated carbocycles. The standard InChI is InChI=1S/C16H18N6O/c1-12-13(9-18-21(12)2)3-8-16(23)20-14-4-6-15(7-5-14)22-11-17-10-19-22/h4-7,9-11H,3,8H2,1-2H3,(H,20,23). The van der Waals surface area contributed by atoms with Gasteiger partial charge in [-0.1, -0.05) is 0 Å². The van der Waals surface area contributed by atoms with Crippen molar-refractivity contribution in [2.24, 2.45) is 7.05 Å². The maximum atomic E-state index is 12.1. The Bertz CT molecular complexity index is 789. The zero-order chi connectivity index (χ0) is 16.2. The van der Waals surface area contributed by atoms with Crippen LogP contribution in [0.4, 0.5) is 5.69 Å². The number of aryl methyl sites for hydroxylation is 2. The summed E-state index contributed by atoms with van der Waals surface area (Å²) in [5, 5.41) is 11.1. The minimum Gasteiger partial charge on any atom is -0.326 e. The number of aromatic nitrogens is 5. The highest BCUT2D eigenvalue weighted by Crippen LogP contribution is 2.13. The quantitative estimate of drug-likeness (QED) is 0.780. The molecule has 3 rings (SSSR count). The van der Waals surface area contributed by atoms with Gasteiger partial charge in [0.2, 0.25) is 5.91 Å². The summed E-state index contributed by atoms with van der Waals surface area (Å²) in [5.41, 5.74) is 3.85. The second-order valence-electron chi connectivity index (χ2n) is 5.31. The van der Waals surface area contributed by atoms with Gasteiger partial charge in [-0.3, -0.25) is 9.48 Å². The Kier molecular flexibility index (Phi) is 4.18. The molecule has 2 heterocycles. The molecule has 0 aliphatic carbocycles. The number of amides is 1. The number of nitrogens with zero attached hydrogens (tertiary/aromatic N) is 5. The van der Waals surface area contributed by atoms with Crippen molar-refractivity contribution in [2.45, 2.75) is 19.8 Å². The Hall–Kier alpha value is -2.96. The predicted molar refractivity (Wildman–Crippen MR) is 86.3 cm³/mol. The zero-order valence-electron chi connectivity index (χ0n) is 13.1. The highest BCUT2D eigenvalue weighted by molar-refractivity contribution is 5.90. The van der Waals surface area contributed by atoms with E-state index in [-0.39, 0.29) is 5.91 Å². The Balaban J connectivity index is 1.56. The van der Waals surface area contributed by atoms with E-state index >= 15 is 0 Å². The van der Waals surface area contributed by atoms with Gasteiger partial charge in [0.25, 0.3) is 0 Å². The number of hydrogen-bond acceptors (Lipinski definition) is 4. The van der Waals surface area contributed by atoms with Crippen molar-refractivity contribution in [3.05, 3.63) is 54.4 Å². The van der Waals surface area contributed by atoms with Crippen LogP contribution in [0.2, 0.25) is 0 Å². The summed E-state index contributed by atoms with van der Waals surface area (Å²) < 4.78 is 3.48. The van der Waals surface area contributed by atoms with Crippen molar-refractivity contribution in [3.8, 4) is 5.69 Å². The van der Waals surface area contributed by atoms with E-state index in [4.69, 9.17) is 0 Å². The Morgan fingerprint density at radius 3 is 2.61 bits per heavy atom. The van der Waals surface area contributed by atoms with Crippen LogP contribution in [-0.2, 0) is 18.3 Å². The van der Waals surface area contributed by atoms with Crippen LogP contribution < -0.4 is 5.32 Å². The average molecular weight is 310 g/mol. The summed E-state index contributed by atoms with van der Waals surface area (Å²) in [5.74, 6) is -0.0123. The molecule has 0 spiro atoms. The molecule has 0 bridgehead atoms. The third-order valence-electron chi connectivity index (χ3n) is 3.79. The van der Waals surface area contributed by atoms with Crippen LogP contribution in [0.15, 0.2) is 43.1 Å². The number of benzene rings is 1. The van der Waals surface area contributed by atoms with Crippen LogP contribution in [0.5, 0.6) is 0 Å². The van der Waals surface area contributed by atoms with Crippen LogP contribution in [0.25, 0.3) is 5.69 Å². The van der Waals surface area contributed by atoms with Gasteiger partial charge >= 0.3 is 0 Å². The van der Waals surface area contributed by atoms with Gasteiger partial charge in [-0.05, 0) is 43.2 Å². The second kappa shape index (κ2) is 6.43. The fraction of sp³-hybridized carbons (Fsp3) is 0.250. The van der Waals surface area contributed by atoms with Crippen LogP contribution in [0.3, 0.4) is 0 Å². The fourth-order valence-electron chi connectivity index (χ4n) is 2.30. The highest BCUT2D eigenvalue weighted by Gasteiger charge is 2.08. The number of nitrogens with one attached hydrogen (secondary N) is 1. The summed E-state index contributed by atoms with van der Waals surface area (Å²) in [6, 6.07) is 7.47. The first-order chi connectivity index (χ1) is 11.1. The number of anilines is 1. The largest absolute Gasteiger partial charge is 0.326 e. The van der Waals surface area contributed by atoms with E-state index in [9.17, 15) is 4.79 Å². The SMILES string of the molecule is Cc1c(CCC(=O)Nc2ccc(-n3cncn3)cc2)cnn1C. The van der Waals surface area contributed by atoms with Gasteiger partial charge in [-0.25, -0.2) is 9.67 Å². The lowest BCUT2D eigenvalue weighted by atomic mass is 10.1. The van der Waals surface area contributed by atoms with Crippen molar-refractivity contribution in [2.75, 3.05) is 5.32 Å². The van der Waals surface area contributed by atoms with E-state index in [1.165, 1.54) is 6.33 Å². The normalized spacial score (nSPS) is 10.7. The van der Waals surface area contributed by atoms with Gasteiger partial charge in [0.05, 0.1) is 11.9 Å². The number of carbonyl (C=O) groups is 1. The number of carbonyl (C=O) groups excluding carboxylic acids is 1. The van der Waals surface area contributed by atoms with E-state index < -0.39 is 0 Å². The molecule has 2 aromatic heterocycles. The van der Waals surface area contributed by atoms with E-state index in [0.29, 0.717) is 12.8 Å². The molecule has 0 atom stereocenters. The lowest BCUT2D eigenvalue weighted by Crippen LogP contribution is -2.12. The first-order valence-corrected chi connectivity index (χ1v) is 7.36. The van der Waals surface area contributed by atoms with Gasteiger partial charge in [-0.2, -0.15) is 10.2 Å². The molecule has 1 N–H and O–H groups in total. The van der Waals surface area contributed by atoms with Crippen LogP contribution in [0, 0.1) is 6.92 Å². The molecule has 7 heteroatoms. The summed E-state index contributed by atoms with van der Waals surface area (Å²) in [7, 11) is 1.90. The first kappa shape index (κ1) is 15.0. The number of hydrogen-bond donors (Lipinski definition) is 1. The van der Waals surface area contributed by atoms with Crippen molar-refractivity contribution >= 4 is 11.6 Å². The van der Waals surface area contributed by atoms with E-state index in [0.717, 1.165) is 22.6 Å². The molecule has 118 valence electrons. The lowest BCUT2D eigenvalue weighted by Gasteiger charge is -2.06. The fourth-order valence-corrected chi connectivity index (χ4v) is 2.30. The molecule has 0 aliphatic heterocycles. The molecule has 1 aromatic carbocycles. The average Bonchev–Trinajstić information content (AvgIpc) is 3.18. The summed E-state index contributed by atoms with van der Waals surface area (Å²) >= 11 is 0. The Morgan fingerprint density at radius 2 is 2.00 bits per heavy atom. The van der Waals surface area contributed by atoms with Crippen molar-refractivity contribution < 1.29 is 4.79 Å². The van der Waals surface area contributed by atoms with E-state index in [2.05, 4.69) is 20.5 Å². The number of rotatable bonds is 5. The van der Waals surface area contributed by atoms with Crippen molar-refractivity contribution in [3.63, 3.8) is 0 Å². The second-order valence-corrected chi connectivity index (χ2v) is 5.31. The van der Waals surface area contributed by atoms with Gasteiger partial charge in [0.15, 0.2) is 0 Å². The minimum absolute atomic E-state index is 0.0123. The van der Waals surface area contributed by atoms with Crippen molar-refractivity contribution in [1.82, 2.24) is 24.5 Å². The van der Waals surface area contributed by atoms with Gasteiger partial charge in [-0.15, -0.1) is 0 Å². The van der Waals surface area contributed by atoms with Crippen LogP contribution in [-0.4, -0.2) is 30.5 Å².